The molecule has 4 aromatic rings. The summed E-state index contributed by atoms with van der Waals surface area (Å²) in [5.74, 6) is -0.539. The molecule has 2 N–H and O–H groups in total. The number of carbonyl (C=O) groups is 1. The van der Waals surface area contributed by atoms with Gasteiger partial charge in [0.1, 0.15) is 43.3 Å². The van der Waals surface area contributed by atoms with Crippen molar-refractivity contribution in [2.45, 2.75) is 26.4 Å². The molecule has 0 saturated heterocycles. The van der Waals surface area contributed by atoms with Crippen LogP contribution in [0.15, 0.2) is 79.1 Å². The lowest BCUT2D eigenvalue weighted by molar-refractivity contribution is -0.136. The molecular formula is C30H25F2N3O4. The molecule has 0 amide bonds. The Hall–Kier alpha value is -4.81. The third-order valence-electron chi connectivity index (χ3n) is 5.91. The highest BCUT2D eigenvalue weighted by atomic mass is 19.1. The van der Waals surface area contributed by atoms with Gasteiger partial charge in [-0.2, -0.15) is 5.26 Å². The molecular weight excluding hydrogens is 504 g/mol. The number of rotatable bonds is 12. The summed E-state index contributed by atoms with van der Waals surface area (Å²) in [5.41, 5.74) is 3.48. The van der Waals surface area contributed by atoms with Gasteiger partial charge >= 0.3 is 5.97 Å². The van der Waals surface area contributed by atoms with Gasteiger partial charge in [0.2, 0.25) is 0 Å². The van der Waals surface area contributed by atoms with Crippen LogP contribution in [0.1, 0.15) is 27.8 Å². The fraction of sp³-hybridized carbons (Fsp3) is 0.167. The van der Waals surface area contributed by atoms with Crippen molar-refractivity contribution < 1.29 is 28.2 Å². The van der Waals surface area contributed by atoms with Gasteiger partial charge in [-0.3, -0.25) is 9.78 Å². The number of aromatic nitrogens is 1. The summed E-state index contributed by atoms with van der Waals surface area (Å²) in [6.45, 7) is -0.632. The van der Waals surface area contributed by atoms with E-state index in [-0.39, 0.29) is 26.3 Å². The van der Waals surface area contributed by atoms with Gasteiger partial charge < -0.3 is 19.9 Å². The van der Waals surface area contributed by atoms with Crippen molar-refractivity contribution >= 4 is 5.97 Å². The quantitative estimate of drug-likeness (QED) is 0.248. The van der Waals surface area contributed by atoms with Crippen molar-refractivity contribution in [1.82, 2.24) is 10.3 Å². The Morgan fingerprint density at radius 1 is 0.974 bits per heavy atom. The number of nitrogens with one attached hydrogen (secondary N) is 1. The number of carboxylic acid groups (broad SMARTS) is 1. The van der Waals surface area contributed by atoms with Gasteiger partial charge in [0, 0.05) is 41.7 Å². The van der Waals surface area contributed by atoms with Crippen molar-refractivity contribution in [2.75, 3.05) is 6.54 Å². The normalized spacial score (nSPS) is 10.6. The van der Waals surface area contributed by atoms with Gasteiger partial charge in [0.25, 0.3) is 0 Å². The summed E-state index contributed by atoms with van der Waals surface area (Å²) < 4.78 is 40.5. The molecule has 0 saturated carbocycles. The smallest absolute Gasteiger partial charge is 0.317 e. The molecule has 0 unspecified atom stereocenters. The van der Waals surface area contributed by atoms with Gasteiger partial charge in [-0.1, -0.05) is 42.5 Å². The van der Waals surface area contributed by atoms with E-state index in [4.69, 9.17) is 19.8 Å². The van der Waals surface area contributed by atoms with Crippen LogP contribution in [0.3, 0.4) is 0 Å². The van der Waals surface area contributed by atoms with Gasteiger partial charge in [-0.25, -0.2) is 8.78 Å². The third-order valence-corrected chi connectivity index (χ3v) is 5.91. The molecule has 0 aliphatic heterocycles. The molecule has 0 bridgehead atoms. The second-order valence-electron chi connectivity index (χ2n) is 8.59. The summed E-state index contributed by atoms with van der Waals surface area (Å²) in [5, 5.41) is 20.9. The summed E-state index contributed by atoms with van der Waals surface area (Å²) in [6.07, 6.45) is 3.04. The number of nitriles is 1. The van der Waals surface area contributed by atoms with Crippen LogP contribution in [0.2, 0.25) is 0 Å². The lowest BCUT2D eigenvalue weighted by atomic mass is 9.96. The average Bonchev–Trinajstić information content (AvgIpc) is 2.95. The molecule has 4 rings (SSSR count). The van der Waals surface area contributed by atoms with E-state index in [0.29, 0.717) is 50.4 Å². The zero-order valence-corrected chi connectivity index (χ0v) is 20.9. The van der Waals surface area contributed by atoms with Crippen LogP contribution in [0.5, 0.6) is 11.5 Å². The zero-order chi connectivity index (χ0) is 27.6. The Morgan fingerprint density at radius 2 is 1.79 bits per heavy atom. The number of hydrogen-bond acceptors (Lipinski definition) is 6. The van der Waals surface area contributed by atoms with E-state index in [9.17, 15) is 13.6 Å². The van der Waals surface area contributed by atoms with Gasteiger partial charge in [-0.05, 0) is 34.9 Å². The second-order valence-corrected chi connectivity index (χ2v) is 8.59. The number of hydrogen-bond donors (Lipinski definition) is 2. The van der Waals surface area contributed by atoms with Crippen LogP contribution in [0.4, 0.5) is 8.78 Å². The van der Waals surface area contributed by atoms with Gasteiger partial charge in [0.15, 0.2) is 0 Å². The summed E-state index contributed by atoms with van der Waals surface area (Å²) in [4.78, 5) is 14.9. The van der Waals surface area contributed by atoms with E-state index < -0.39 is 18.5 Å². The minimum atomic E-state index is -0.988. The lowest BCUT2D eigenvalue weighted by Gasteiger charge is -2.16. The fourth-order valence-corrected chi connectivity index (χ4v) is 4.02. The Morgan fingerprint density at radius 3 is 2.56 bits per heavy atom. The number of aliphatic carboxylic acids is 1. The molecule has 198 valence electrons. The number of halogens is 2. The predicted octanol–water partition coefficient (Wildman–Crippen LogP) is 5.56. The minimum absolute atomic E-state index is 0.0335. The molecule has 1 aromatic heterocycles. The number of benzene rings is 3. The predicted molar refractivity (Wildman–Crippen MR) is 140 cm³/mol. The number of ether oxygens (including phenoxy) is 2. The minimum Gasteiger partial charge on any atom is -0.489 e. The first-order chi connectivity index (χ1) is 19.0. The number of nitrogens with zero attached hydrogens (tertiary/aromatic N) is 2. The van der Waals surface area contributed by atoms with Crippen molar-refractivity contribution in [2.24, 2.45) is 0 Å². The maximum Gasteiger partial charge on any atom is 0.317 e. The van der Waals surface area contributed by atoms with Gasteiger partial charge in [-0.15, -0.1) is 0 Å². The third kappa shape index (κ3) is 7.15. The fourth-order valence-electron chi connectivity index (χ4n) is 4.02. The van der Waals surface area contributed by atoms with E-state index in [2.05, 4.69) is 10.3 Å². The average molecular weight is 530 g/mol. The largest absolute Gasteiger partial charge is 0.489 e. The molecule has 7 nitrogen and oxygen atoms in total. The Kier molecular flexibility index (Phi) is 9.16. The molecule has 0 aliphatic rings. The molecule has 0 aliphatic carbocycles. The van der Waals surface area contributed by atoms with Crippen LogP contribution in [-0.2, 0) is 31.2 Å². The SMILES string of the molecule is N#Cc1cncc(COc2cc(OCc3cccc(-c4ccccc4F)c3CF)ccc2CNCC(=O)O)c1. The Labute approximate surface area is 224 Å². The summed E-state index contributed by atoms with van der Waals surface area (Å²) in [7, 11) is 0. The van der Waals surface area contributed by atoms with Gasteiger partial charge in [0.05, 0.1) is 12.1 Å². The van der Waals surface area contributed by atoms with Crippen LogP contribution in [-0.4, -0.2) is 22.6 Å². The maximum absolute atomic E-state index is 14.4. The molecule has 9 heteroatoms. The van der Waals surface area contributed by atoms with E-state index in [0.717, 1.165) is 0 Å². The molecule has 0 fully saturated rings. The highest BCUT2D eigenvalue weighted by molar-refractivity contribution is 5.69. The maximum atomic E-state index is 14.4. The Balaban J connectivity index is 1.55. The van der Waals surface area contributed by atoms with E-state index in [1.807, 2.05) is 6.07 Å². The zero-order valence-electron chi connectivity index (χ0n) is 20.9. The summed E-state index contributed by atoms with van der Waals surface area (Å²) >= 11 is 0. The second kappa shape index (κ2) is 13.1. The molecule has 0 atom stereocenters. The highest BCUT2D eigenvalue weighted by Crippen LogP contribution is 2.31. The number of alkyl halides is 1. The van der Waals surface area contributed by atoms with Crippen molar-refractivity contribution in [3.8, 4) is 28.7 Å². The monoisotopic (exact) mass is 529 g/mol. The van der Waals surface area contributed by atoms with Crippen molar-refractivity contribution in [3.63, 3.8) is 0 Å². The lowest BCUT2D eigenvalue weighted by Crippen LogP contribution is -2.22. The van der Waals surface area contributed by atoms with E-state index >= 15 is 0 Å². The van der Waals surface area contributed by atoms with E-state index in [1.54, 1.807) is 66.9 Å². The van der Waals surface area contributed by atoms with Crippen molar-refractivity contribution in [3.05, 3.63) is 113 Å². The Bertz CT molecular complexity index is 1500. The van der Waals surface area contributed by atoms with Crippen molar-refractivity contribution in [1.29, 1.82) is 5.26 Å². The summed E-state index contributed by atoms with van der Waals surface area (Å²) in [6, 6.07) is 20.2. The van der Waals surface area contributed by atoms with Crippen LogP contribution >= 0.6 is 0 Å². The molecule has 39 heavy (non-hydrogen) atoms. The first-order valence-corrected chi connectivity index (χ1v) is 12.0. The van der Waals surface area contributed by atoms with E-state index in [1.165, 1.54) is 12.3 Å². The number of carboxylic acids is 1. The molecule has 0 spiro atoms. The topological polar surface area (TPSA) is 104 Å². The van der Waals surface area contributed by atoms with Crippen LogP contribution in [0, 0.1) is 17.1 Å². The number of pyridine rings is 1. The molecule has 3 aromatic carbocycles. The first-order valence-electron chi connectivity index (χ1n) is 12.0. The first kappa shape index (κ1) is 27.2. The highest BCUT2D eigenvalue weighted by Gasteiger charge is 2.14. The standard InChI is InChI=1S/C30H25F2N3O4/c31-12-27-23(4-3-6-25(27)26-5-1-2-7-28(26)32)19-38-24-9-8-22(16-35-17-30(36)37)29(11-24)39-18-21-10-20(13-33)14-34-15-21/h1-11,14-15,35H,12,16-19H2,(H,36,37). The van der Waals surface area contributed by atoms with Crippen LogP contribution in [0.25, 0.3) is 11.1 Å². The molecule has 1 heterocycles. The molecule has 0 radical (unpaired) electrons. The van der Waals surface area contributed by atoms with Crippen LogP contribution < -0.4 is 14.8 Å².